The average Bonchev–Trinajstić information content (AvgIpc) is 2.80. The second-order valence-corrected chi connectivity index (χ2v) is 11.0. The molecule has 0 aliphatic carbocycles. The van der Waals surface area contributed by atoms with Crippen LogP contribution in [-0.2, 0) is 4.79 Å². The molecule has 0 spiro atoms. The number of benzene rings is 3. The smallest absolute Gasteiger partial charge is 0.282 e. The van der Waals surface area contributed by atoms with Crippen molar-refractivity contribution in [2.75, 3.05) is 11.9 Å². The molecule has 1 amide bonds. The zero-order valence-corrected chi connectivity index (χ0v) is 24.7. The minimum atomic E-state index is -0.283. The van der Waals surface area contributed by atoms with Crippen molar-refractivity contribution in [3.8, 4) is 5.75 Å². The molecule has 0 atom stereocenters. The van der Waals surface area contributed by atoms with Gasteiger partial charge in [0.05, 0.1) is 24.3 Å². The van der Waals surface area contributed by atoms with Gasteiger partial charge < -0.3 is 10.1 Å². The van der Waals surface area contributed by atoms with E-state index >= 15 is 0 Å². The highest BCUT2D eigenvalue weighted by atomic mass is 127. The van der Waals surface area contributed by atoms with E-state index in [1.807, 2.05) is 18.2 Å². The van der Waals surface area contributed by atoms with Crippen molar-refractivity contribution in [1.82, 2.24) is 9.66 Å². The van der Waals surface area contributed by atoms with Crippen LogP contribution >= 0.6 is 72.7 Å². The summed E-state index contributed by atoms with van der Waals surface area (Å²) in [7, 11) is 0. The van der Waals surface area contributed by atoms with Crippen molar-refractivity contribution < 1.29 is 9.53 Å². The van der Waals surface area contributed by atoms with Crippen LogP contribution in [-0.4, -0.2) is 28.4 Å². The first-order valence-electron chi connectivity index (χ1n) is 10.1. The molecule has 0 unspecified atom stereocenters. The van der Waals surface area contributed by atoms with E-state index in [4.69, 9.17) is 16.3 Å². The summed E-state index contributed by atoms with van der Waals surface area (Å²) in [5.41, 5.74) is 1.78. The number of anilines is 1. The number of amides is 1. The summed E-state index contributed by atoms with van der Waals surface area (Å²) in [5.74, 6) is 0.798. The molecule has 35 heavy (non-hydrogen) atoms. The number of hydrogen-bond donors (Lipinski definition) is 1. The molecule has 11 heteroatoms. The number of carbonyl (C=O) groups excluding carboxylic acids is 1. The van der Waals surface area contributed by atoms with Gasteiger partial charge in [-0.05, 0) is 112 Å². The van der Waals surface area contributed by atoms with Gasteiger partial charge in [0.25, 0.3) is 11.5 Å². The van der Waals surface area contributed by atoms with Crippen LogP contribution < -0.4 is 15.6 Å². The van der Waals surface area contributed by atoms with Crippen LogP contribution in [0.2, 0.25) is 5.02 Å². The summed E-state index contributed by atoms with van der Waals surface area (Å²) >= 11 is 13.5. The number of rotatable bonds is 6. The molecular weight excluding hydrogens is 761 g/mol. The SMILES string of the molecule is Cc1nc2ccc(Br)cc2c(=O)n1N=Cc1cc(I)c(OCC(=O)Nc2ccc(Cl)cc2)c(I)c1. The zero-order valence-electron chi connectivity index (χ0n) is 18.1. The first-order chi connectivity index (χ1) is 16.7. The van der Waals surface area contributed by atoms with E-state index in [0.29, 0.717) is 33.2 Å². The summed E-state index contributed by atoms with van der Waals surface area (Å²) in [5, 5.41) is 8.21. The molecule has 178 valence electrons. The van der Waals surface area contributed by atoms with E-state index < -0.39 is 0 Å². The standard InChI is InChI=1S/C24H16BrClI2N4O3/c1-13-30-21-7-2-15(25)10-18(21)24(34)32(13)29-11-14-8-19(27)23(20(28)9-14)35-12-22(33)31-17-5-3-16(26)4-6-17/h2-11H,12H2,1H3,(H,31,33). The summed E-state index contributed by atoms with van der Waals surface area (Å²) in [6, 6.07) is 15.9. The van der Waals surface area contributed by atoms with E-state index in [-0.39, 0.29) is 18.1 Å². The predicted molar refractivity (Wildman–Crippen MR) is 159 cm³/mol. The van der Waals surface area contributed by atoms with Crippen molar-refractivity contribution in [1.29, 1.82) is 0 Å². The molecule has 0 saturated carbocycles. The van der Waals surface area contributed by atoms with Crippen LogP contribution in [0.4, 0.5) is 5.69 Å². The van der Waals surface area contributed by atoms with Gasteiger partial charge in [-0.1, -0.05) is 27.5 Å². The molecule has 1 heterocycles. The quantitative estimate of drug-likeness (QED) is 0.186. The summed E-state index contributed by atoms with van der Waals surface area (Å²) in [6.45, 7) is 1.59. The Morgan fingerprint density at radius 2 is 1.86 bits per heavy atom. The van der Waals surface area contributed by atoms with E-state index in [0.717, 1.165) is 17.2 Å². The monoisotopic (exact) mass is 776 g/mol. The molecule has 0 aliphatic heterocycles. The van der Waals surface area contributed by atoms with Crippen LogP contribution in [0, 0.1) is 14.1 Å². The Hall–Kier alpha value is -2.03. The van der Waals surface area contributed by atoms with Crippen molar-refractivity contribution in [2.45, 2.75) is 6.92 Å². The number of nitrogens with one attached hydrogen (secondary N) is 1. The second kappa shape index (κ2) is 11.4. The van der Waals surface area contributed by atoms with Gasteiger partial charge in [0.15, 0.2) is 6.61 Å². The molecule has 1 N–H and O–H groups in total. The number of aromatic nitrogens is 2. The van der Waals surface area contributed by atoms with Crippen LogP contribution in [0.5, 0.6) is 5.75 Å². The Labute approximate surface area is 241 Å². The largest absolute Gasteiger partial charge is 0.482 e. The third-order valence-corrected chi connectivity index (χ3v) is 7.14. The molecule has 1 aromatic heterocycles. The van der Waals surface area contributed by atoms with Gasteiger partial charge in [0.2, 0.25) is 0 Å². The Kier molecular flexibility index (Phi) is 8.45. The maximum absolute atomic E-state index is 12.9. The van der Waals surface area contributed by atoms with E-state index in [2.05, 4.69) is 76.5 Å². The number of halogens is 4. The van der Waals surface area contributed by atoms with Crippen LogP contribution in [0.15, 0.2) is 69.0 Å². The van der Waals surface area contributed by atoms with Crippen molar-refractivity contribution >= 4 is 101 Å². The minimum Gasteiger partial charge on any atom is -0.482 e. The van der Waals surface area contributed by atoms with Crippen molar-refractivity contribution in [3.63, 3.8) is 0 Å². The van der Waals surface area contributed by atoms with Gasteiger partial charge in [-0.3, -0.25) is 9.59 Å². The number of carbonyl (C=O) groups is 1. The van der Waals surface area contributed by atoms with Gasteiger partial charge in [-0.15, -0.1) is 0 Å². The molecule has 4 aromatic rings. The Morgan fingerprint density at radius 1 is 1.17 bits per heavy atom. The van der Waals surface area contributed by atoms with Gasteiger partial charge >= 0.3 is 0 Å². The fourth-order valence-electron chi connectivity index (χ4n) is 3.18. The highest BCUT2D eigenvalue weighted by Crippen LogP contribution is 2.28. The maximum atomic E-state index is 12.9. The van der Waals surface area contributed by atoms with Gasteiger partial charge in [-0.2, -0.15) is 9.78 Å². The number of ether oxygens (including phenoxy) is 1. The first kappa shape index (κ1) is 26.0. The average molecular weight is 778 g/mol. The first-order valence-corrected chi connectivity index (χ1v) is 13.4. The Bertz CT molecular complexity index is 1500. The molecule has 0 bridgehead atoms. The van der Waals surface area contributed by atoms with Gasteiger partial charge in [-0.25, -0.2) is 4.98 Å². The number of fused-ring (bicyclic) bond motifs is 1. The number of nitrogens with zero attached hydrogens (tertiary/aromatic N) is 3. The lowest BCUT2D eigenvalue weighted by Gasteiger charge is -2.12. The molecule has 0 saturated heterocycles. The lowest BCUT2D eigenvalue weighted by molar-refractivity contribution is -0.118. The lowest BCUT2D eigenvalue weighted by atomic mass is 10.2. The fraction of sp³-hybridized carbons (Fsp3) is 0.0833. The third-order valence-electron chi connectivity index (χ3n) is 4.79. The number of aryl methyl sites for hydroxylation is 1. The second-order valence-electron chi connectivity index (χ2n) is 7.34. The molecule has 0 fully saturated rings. The third kappa shape index (κ3) is 6.40. The van der Waals surface area contributed by atoms with E-state index in [1.54, 1.807) is 49.5 Å². The molecule has 0 radical (unpaired) electrons. The van der Waals surface area contributed by atoms with Crippen LogP contribution in [0.3, 0.4) is 0 Å². The van der Waals surface area contributed by atoms with Crippen molar-refractivity contribution in [2.24, 2.45) is 5.10 Å². The zero-order chi connectivity index (χ0) is 25.1. The topological polar surface area (TPSA) is 85.6 Å². The summed E-state index contributed by atoms with van der Waals surface area (Å²) in [6.07, 6.45) is 1.60. The van der Waals surface area contributed by atoms with Gasteiger partial charge in [0, 0.05) is 15.2 Å². The molecule has 7 nitrogen and oxygen atoms in total. The van der Waals surface area contributed by atoms with E-state index in [1.165, 1.54) is 4.68 Å². The van der Waals surface area contributed by atoms with Crippen molar-refractivity contribution in [3.05, 3.63) is 93.0 Å². The fourth-order valence-corrected chi connectivity index (χ4v) is 5.79. The molecule has 4 rings (SSSR count). The predicted octanol–water partition coefficient (Wildman–Crippen LogP) is 6.23. The van der Waals surface area contributed by atoms with Crippen LogP contribution in [0.25, 0.3) is 10.9 Å². The van der Waals surface area contributed by atoms with Gasteiger partial charge in [0.1, 0.15) is 11.6 Å². The Balaban J connectivity index is 1.50. The Morgan fingerprint density at radius 3 is 2.54 bits per heavy atom. The van der Waals surface area contributed by atoms with Crippen LogP contribution in [0.1, 0.15) is 11.4 Å². The summed E-state index contributed by atoms with van der Waals surface area (Å²) < 4.78 is 9.46. The number of hydrogen-bond acceptors (Lipinski definition) is 5. The molecular formula is C24H16BrClI2N4O3. The normalized spacial score (nSPS) is 11.2. The molecule has 0 aliphatic rings. The highest BCUT2D eigenvalue weighted by molar-refractivity contribution is 14.1. The van der Waals surface area contributed by atoms with E-state index in [9.17, 15) is 9.59 Å². The summed E-state index contributed by atoms with van der Waals surface area (Å²) in [4.78, 5) is 29.7. The molecule has 3 aromatic carbocycles. The maximum Gasteiger partial charge on any atom is 0.282 e. The minimum absolute atomic E-state index is 0.144. The lowest BCUT2D eigenvalue weighted by Crippen LogP contribution is -2.21. The highest BCUT2D eigenvalue weighted by Gasteiger charge is 2.12.